The maximum Gasteiger partial charge on any atom is 0.228 e. The minimum absolute atomic E-state index is 0.0270. The van der Waals surface area contributed by atoms with Crippen LogP contribution in [0.25, 0.3) is 0 Å². The third-order valence-corrected chi connectivity index (χ3v) is 6.04. The van der Waals surface area contributed by atoms with Gasteiger partial charge >= 0.3 is 0 Å². The van der Waals surface area contributed by atoms with Gasteiger partial charge in [-0.15, -0.1) is 0 Å². The summed E-state index contributed by atoms with van der Waals surface area (Å²) in [4.78, 5) is 17.1. The van der Waals surface area contributed by atoms with Gasteiger partial charge in [-0.2, -0.15) is 15.1 Å². The molecule has 1 atom stereocenters. The summed E-state index contributed by atoms with van der Waals surface area (Å²) in [6.45, 7) is 11.1. The molecule has 1 saturated heterocycles. The molecule has 2 aliphatic rings. The normalized spacial score (nSPS) is 19.6. The lowest BCUT2D eigenvalue weighted by Gasteiger charge is -2.29. The van der Waals surface area contributed by atoms with Crippen LogP contribution in [0.5, 0.6) is 5.88 Å². The molecule has 10 nitrogen and oxygen atoms in total. The molecule has 4 heterocycles. The number of hydrogen-bond acceptors (Lipinski definition) is 9. The highest BCUT2D eigenvalue weighted by Gasteiger charge is 2.24. The molecule has 1 fully saturated rings. The van der Waals surface area contributed by atoms with Crippen LogP contribution in [-0.4, -0.2) is 69.7 Å². The lowest BCUT2D eigenvalue weighted by atomic mass is 10.0. The summed E-state index contributed by atoms with van der Waals surface area (Å²) in [6.07, 6.45) is 2.89. The number of hydrogen-bond donors (Lipinski definition) is 3. The molecule has 4 rings (SSSR count). The number of piperidine rings is 1. The number of rotatable bonds is 9. The van der Waals surface area contributed by atoms with Crippen molar-refractivity contribution >= 4 is 23.3 Å². The third-order valence-electron chi connectivity index (χ3n) is 6.04. The van der Waals surface area contributed by atoms with Crippen molar-refractivity contribution in [1.82, 2.24) is 25.1 Å². The largest absolute Gasteiger partial charge is 0.474 e. The molecule has 0 radical (unpaired) electrons. The van der Waals surface area contributed by atoms with Crippen LogP contribution >= 0.6 is 0 Å². The van der Waals surface area contributed by atoms with E-state index >= 15 is 0 Å². The standard InChI is InChI=1S/C23H36N8O2/c1-14(2)18-11-21(29-28-18)25-20-12-22(32-16-6-8-31(5)9-7-16)27-23(26-20)24-13-17-10-19(15(3)4)30-33-17/h11-12,14-17H,6-10,13H2,1-5H3,(H3,24,25,26,27,28,29). The first-order chi connectivity index (χ1) is 15.9. The lowest BCUT2D eigenvalue weighted by molar-refractivity contribution is 0.0946. The number of aromatic amines is 1. The molecule has 0 bridgehead atoms. The fourth-order valence-corrected chi connectivity index (χ4v) is 3.84. The molecule has 2 aromatic rings. The monoisotopic (exact) mass is 456 g/mol. The van der Waals surface area contributed by atoms with Crippen molar-refractivity contribution in [2.24, 2.45) is 11.1 Å². The number of ether oxygens (including phenoxy) is 1. The lowest BCUT2D eigenvalue weighted by Crippen LogP contribution is -2.35. The average molecular weight is 457 g/mol. The highest BCUT2D eigenvalue weighted by atomic mass is 16.6. The van der Waals surface area contributed by atoms with E-state index in [2.05, 4.69) is 75.6 Å². The number of nitrogens with zero attached hydrogens (tertiary/aromatic N) is 5. The Bertz CT molecular complexity index is 950. The van der Waals surface area contributed by atoms with Crippen LogP contribution in [0.15, 0.2) is 17.3 Å². The Kier molecular flexibility index (Phi) is 7.32. The zero-order valence-electron chi connectivity index (χ0n) is 20.3. The van der Waals surface area contributed by atoms with Gasteiger partial charge in [-0.3, -0.25) is 5.10 Å². The Balaban J connectivity index is 1.46. The Morgan fingerprint density at radius 3 is 2.58 bits per heavy atom. The van der Waals surface area contributed by atoms with Crippen molar-refractivity contribution in [3.8, 4) is 5.88 Å². The van der Waals surface area contributed by atoms with Crippen LogP contribution in [-0.2, 0) is 4.84 Å². The van der Waals surface area contributed by atoms with Gasteiger partial charge < -0.3 is 25.1 Å². The minimum Gasteiger partial charge on any atom is -0.474 e. The zero-order chi connectivity index (χ0) is 23.4. The molecular formula is C23H36N8O2. The number of oxime groups is 1. The Labute approximate surface area is 195 Å². The van der Waals surface area contributed by atoms with E-state index in [1.54, 1.807) is 0 Å². The molecule has 1 unspecified atom stereocenters. The van der Waals surface area contributed by atoms with E-state index in [-0.39, 0.29) is 12.2 Å². The van der Waals surface area contributed by atoms with Crippen LogP contribution in [0.4, 0.5) is 17.6 Å². The van der Waals surface area contributed by atoms with Crippen molar-refractivity contribution in [3.63, 3.8) is 0 Å². The molecule has 180 valence electrons. The first-order valence-electron chi connectivity index (χ1n) is 11.9. The van der Waals surface area contributed by atoms with Gasteiger partial charge in [-0.25, -0.2) is 0 Å². The van der Waals surface area contributed by atoms with E-state index in [1.165, 1.54) is 0 Å². The number of aromatic nitrogens is 4. The predicted octanol–water partition coefficient (Wildman–Crippen LogP) is 3.75. The molecule has 2 aromatic heterocycles. The Morgan fingerprint density at radius 2 is 1.91 bits per heavy atom. The Hall–Kier alpha value is -2.88. The molecule has 3 N–H and O–H groups in total. The third kappa shape index (κ3) is 6.34. The van der Waals surface area contributed by atoms with Crippen LogP contribution in [0, 0.1) is 5.92 Å². The topological polar surface area (TPSA) is 113 Å². The van der Waals surface area contributed by atoms with E-state index < -0.39 is 0 Å². The SMILES string of the molecule is CC(C)C1=NOC(CNc2nc(Nc3cc(C(C)C)[nH]n3)cc(OC3CCN(C)CC3)n2)C1. The first-order valence-corrected chi connectivity index (χ1v) is 11.9. The van der Waals surface area contributed by atoms with E-state index in [0.29, 0.717) is 41.8 Å². The molecule has 0 saturated carbocycles. The van der Waals surface area contributed by atoms with Crippen molar-refractivity contribution in [2.45, 2.75) is 65.1 Å². The summed E-state index contributed by atoms with van der Waals surface area (Å²) >= 11 is 0. The van der Waals surface area contributed by atoms with Crippen LogP contribution in [0.2, 0.25) is 0 Å². The van der Waals surface area contributed by atoms with E-state index in [4.69, 9.17) is 9.57 Å². The molecule has 33 heavy (non-hydrogen) atoms. The average Bonchev–Trinajstić information content (AvgIpc) is 3.44. The Morgan fingerprint density at radius 1 is 1.12 bits per heavy atom. The van der Waals surface area contributed by atoms with Crippen LogP contribution in [0.3, 0.4) is 0 Å². The van der Waals surface area contributed by atoms with Crippen LogP contribution < -0.4 is 15.4 Å². The molecule has 0 aromatic carbocycles. The zero-order valence-corrected chi connectivity index (χ0v) is 20.3. The summed E-state index contributed by atoms with van der Waals surface area (Å²) in [7, 11) is 2.14. The second-order valence-corrected chi connectivity index (χ2v) is 9.57. The smallest absolute Gasteiger partial charge is 0.228 e. The summed E-state index contributed by atoms with van der Waals surface area (Å²) in [5, 5.41) is 18.2. The van der Waals surface area contributed by atoms with Gasteiger partial charge in [0.1, 0.15) is 18.0 Å². The first kappa shape index (κ1) is 23.3. The quantitative estimate of drug-likeness (QED) is 0.523. The second kappa shape index (κ2) is 10.4. The van der Waals surface area contributed by atoms with Crippen molar-refractivity contribution in [3.05, 3.63) is 17.8 Å². The molecule has 2 aliphatic heterocycles. The molecule has 0 aliphatic carbocycles. The number of H-pyrrole nitrogens is 1. The maximum atomic E-state index is 6.25. The summed E-state index contributed by atoms with van der Waals surface area (Å²) in [6, 6.07) is 3.83. The number of likely N-dealkylation sites (tertiary alicyclic amines) is 1. The van der Waals surface area contributed by atoms with Gasteiger partial charge in [-0.05, 0) is 31.7 Å². The number of anilines is 3. The van der Waals surface area contributed by atoms with Crippen molar-refractivity contribution in [1.29, 1.82) is 0 Å². The van der Waals surface area contributed by atoms with Crippen molar-refractivity contribution in [2.75, 3.05) is 37.3 Å². The van der Waals surface area contributed by atoms with E-state index in [1.807, 2.05) is 12.1 Å². The fourth-order valence-electron chi connectivity index (χ4n) is 3.84. The van der Waals surface area contributed by atoms with Gasteiger partial charge in [-0.1, -0.05) is 32.9 Å². The second-order valence-electron chi connectivity index (χ2n) is 9.57. The molecule has 0 amide bonds. The van der Waals surface area contributed by atoms with Gasteiger partial charge in [0.15, 0.2) is 5.82 Å². The highest BCUT2D eigenvalue weighted by Crippen LogP contribution is 2.24. The predicted molar refractivity (Wildman–Crippen MR) is 129 cm³/mol. The summed E-state index contributed by atoms with van der Waals surface area (Å²) in [5.74, 6) is 3.13. The molecule has 10 heteroatoms. The van der Waals surface area contributed by atoms with Gasteiger partial charge in [0.05, 0.1) is 12.3 Å². The summed E-state index contributed by atoms with van der Waals surface area (Å²) < 4.78 is 6.25. The van der Waals surface area contributed by atoms with E-state index in [0.717, 1.165) is 43.8 Å². The van der Waals surface area contributed by atoms with Gasteiger partial charge in [0.2, 0.25) is 11.8 Å². The van der Waals surface area contributed by atoms with Crippen LogP contribution in [0.1, 0.15) is 58.6 Å². The minimum atomic E-state index is -0.0270. The maximum absolute atomic E-state index is 6.25. The number of nitrogens with one attached hydrogen (secondary N) is 3. The molecule has 0 spiro atoms. The highest BCUT2D eigenvalue weighted by molar-refractivity contribution is 5.87. The van der Waals surface area contributed by atoms with Crippen molar-refractivity contribution < 1.29 is 9.57 Å². The summed E-state index contributed by atoms with van der Waals surface area (Å²) in [5.41, 5.74) is 2.15. The molecular weight excluding hydrogens is 420 g/mol. The van der Waals surface area contributed by atoms with Gasteiger partial charge in [0, 0.05) is 37.3 Å². The van der Waals surface area contributed by atoms with E-state index in [9.17, 15) is 0 Å². The van der Waals surface area contributed by atoms with Gasteiger partial charge in [0.25, 0.3) is 0 Å². The fraction of sp³-hybridized carbons (Fsp3) is 0.652.